The maximum Gasteiger partial charge on any atom is 0.193 e. The fraction of sp³-hybridized carbons (Fsp3) is 0.348. The van der Waals surface area contributed by atoms with Crippen LogP contribution in [0.5, 0.6) is 11.5 Å². The van der Waals surface area contributed by atoms with Gasteiger partial charge in [-0.15, -0.1) is 0 Å². The second-order valence-corrected chi connectivity index (χ2v) is 7.62. The van der Waals surface area contributed by atoms with Crippen molar-refractivity contribution in [3.63, 3.8) is 0 Å². The molecule has 0 bridgehead atoms. The first kappa shape index (κ1) is 21.4. The summed E-state index contributed by atoms with van der Waals surface area (Å²) in [5, 5.41) is 21.3. The Labute approximate surface area is 176 Å². The van der Waals surface area contributed by atoms with Crippen molar-refractivity contribution >= 4 is 23.5 Å². The van der Waals surface area contributed by atoms with E-state index in [1.165, 1.54) is 19.6 Å². The second kappa shape index (κ2) is 9.92. The van der Waals surface area contributed by atoms with Crippen LogP contribution in [0.3, 0.4) is 0 Å². The Morgan fingerprint density at radius 3 is 2.66 bits per heavy atom. The SMILES string of the molecule is COc1cc(CO)c(CN2CCCCC2)c(O)c1C(=O)/C=C/c1cccc(Cl)c1. The van der Waals surface area contributed by atoms with Crippen molar-refractivity contribution in [1.82, 2.24) is 4.90 Å². The molecule has 2 aromatic rings. The zero-order chi connectivity index (χ0) is 20.8. The van der Waals surface area contributed by atoms with Gasteiger partial charge in [0, 0.05) is 17.1 Å². The molecule has 1 aliphatic rings. The average molecular weight is 416 g/mol. The predicted octanol–water partition coefficient (Wildman–Crippen LogP) is 4.43. The number of nitrogens with zero attached hydrogens (tertiary/aromatic N) is 1. The first-order chi connectivity index (χ1) is 14.0. The summed E-state index contributed by atoms with van der Waals surface area (Å²) in [6.45, 7) is 2.13. The van der Waals surface area contributed by atoms with Gasteiger partial charge in [0.1, 0.15) is 17.1 Å². The van der Waals surface area contributed by atoms with Crippen LogP contribution in [0.25, 0.3) is 6.08 Å². The number of aliphatic hydroxyl groups excluding tert-OH is 1. The molecule has 0 atom stereocenters. The van der Waals surface area contributed by atoms with E-state index in [4.69, 9.17) is 16.3 Å². The molecule has 154 valence electrons. The highest BCUT2D eigenvalue weighted by Gasteiger charge is 2.24. The Morgan fingerprint density at radius 1 is 1.24 bits per heavy atom. The number of aromatic hydroxyl groups is 1. The van der Waals surface area contributed by atoms with Crippen LogP contribution in [0, 0.1) is 0 Å². The van der Waals surface area contributed by atoms with Crippen molar-refractivity contribution in [2.24, 2.45) is 0 Å². The minimum Gasteiger partial charge on any atom is -0.507 e. The van der Waals surface area contributed by atoms with E-state index in [2.05, 4.69) is 4.90 Å². The van der Waals surface area contributed by atoms with Crippen LogP contribution in [0.4, 0.5) is 0 Å². The molecule has 29 heavy (non-hydrogen) atoms. The van der Waals surface area contributed by atoms with Gasteiger partial charge in [-0.25, -0.2) is 0 Å². The lowest BCUT2D eigenvalue weighted by Gasteiger charge is -2.28. The number of hydrogen-bond donors (Lipinski definition) is 2. The zero-order valence-corrected chi connectivity index (χ0v) is 17.3. The van der Waals surface area contributed by atoms with Gasteiger partial charge < -0.3 is 14.9 Å². The van der Waals surface area contributed by atoms with Crippen LogP contribution >= 0.6 is 11.6 Å². The van der Waals surface area contributed by atoms with Crippen LogP contribution < -0.4 is 4.74 Å². The van der Waals surface area contributed by atoms with Crippen molar-refractivity contribution in [3.05, 3.63) is 63.7 Å². The standard InChI is InChI=1S/C23H26ClNO4/c1-29-21-13-17(15-26)19(14-25-10-3-2-4-11-25)23(28)22(21)20(27)9-8-16-6-5-7-18(24)12-16/h5-9,12-13,26,28H,2-4,10-11,14-15H2,1H3/b9-8+. The van der Waals surface area contributed by atoms with E-state index in [0.29, 0.717) is 22.7 Å². The monoisotopic (exact) mass is 415 g/mol. The molecule has 1 heterocycles. The minimum atomic E-state index is -0.372. The number of methoxy groups -OCH3 is 1. The lowest BCUT2D eigenvalue weighted by atomic mass is 9.97. The highest BCUT2D eigenvalue weighted by molar-refractivity contribution is 6.30. The zero-order valence-electron chi connectivity index (χ0n) is 16.5. The van der Waals surface area contributed by atoms with Crippen LogP contribution in [0.1, 0.15) is 46.3 Å². The maximum atomic E-state index is 12.9. The normalized spacial score (nSPS) is 15.0. The summed E-state index contributed by atoms with van der Waals surface area (Å²) >= 11 is 5.99. The number of allylic oxidation sites excluding steroid dienone is 1. The van der Waals surface area contributed by atoms with E-state index in [1.54, 1.807) is 30.3 Å². The van der Waals surface area contributed by atoms with Gasteiger partial charge in [-0.3, -0.25) is 9.69 Å². The summed E-state index contributed by atoms with van der Waals surface area (Å²) in [6, 6.07) is 8.79. The molecule has 0 saturated carbocycles. The number of carbonyl (C=O) groups is 1. The lowest BCUT2D eigenvalue weighted by Crippen LogP contribution is -2.29. The number of likely N-dealkylation sites (tertiary alicyclic amines) is 1. The van der Waals surface area contributed by atoms with Gasteiger partial charge in [-0.2, -0.15) is 0 Å². The van der Waals surface area contributed by atoms with Crippen LogP contribution in [-0.2, 0) is 13.2 Å². The molecule has 1 aliphatic heterocycles. The molecule has 0 aliphatic carbocycles. The molecular formula is C23H26ClNO4. The van der Waals surface area contributed by atoms with Crippen molar-refractivity contribution < 1.29 is 19.7 Å². The molecular weight excluding hydrogens is 390 g/mol. The van der Waals surface area contributed by atoms with Crippen LogP contribution in [-0.4, -0.2) is 41.1 Å². The van der Waals surface area contributed by atoms with Gasteiger partial charge in [-0.1, -0.05) is 36.2 Å². The van der Waals surface area contributed by atoms with Gasteiger partial charge in [0.15, 0.2) is 5.78 Å². The third-order valence-corrected chi connectivity index (χ3v) is 5.44. The summed E-state index contributed by atoms with van der Waals surface area (Å²) in [7, 11) is 1.44. The van der Waals surface area contributed by atoms with Gasteiger partial charge >= 0.3 is 0 Å². The Balaban J connectivity index is 1.95. The summed E-state index contributed by atoms with van der Waals surface area (Å²) in [5.74, 6) is -0.252. The number of ether oxygens (including phenoxy) is 1. The summed E-state index contributed by atoms with van der Waals surface area (Å²) in [4.78, 5) is 15.1. The highest BCUT2D eigenvalue weighted by Crippen LogP contribution is 2.36. The van der Waals surface area contributed by atoms with E-state index in [9.17, 15) is 15.0 Å². The second-order valence-electron chi connectivity index (χ2n) is 7.19. The summed E-state index contributed by atoms with van der Waals surface area (Å²) in [6.07, 6.45) is 6.47. The van der Waals surface area contributed by atoms with Crippen LogP contribution in [0.15, 0.2) is 36.4 Å². The molecule has 2 N–H and O–H groups in total. The molecule has 1 fully saturated rings. The molecule has 3 rings (SSSR count). The molecule has 0 aromatic heterocycles. The Kier molecular flexibility index (Phi) is 7.31. The molecule has 0 radical (unpaired) electrons. The third-order valence-electron chi connectivity index (χ3n) is 5.20. The highest BCUT2D eigenvalue weighted by atomic mass is 35.5. The van der Waals surface area contributed by atoms with Gasteiger partial charge in [-0.05, 0) is 61.3 Å². The molecule has 5 nitrogen and oxygen atoms in total. The smallest absolute Gasteiger partial charge is 0.193 e. The number of piperidine rings is 1. The molecule has 6 heteroatoms. The fourth-order valence-electron chi connectivity index (χ4n) is 3.66. The van der Waals surface area contributed by atoms with E-state index in [1.807, 2.05) is 6.07 Å². The summed E-state index contributed by atoms with van der Waals surface area (Å²) in [5.41, 5.74) is 2.04. The maximum absolute atomic E-state index is 12.9. The fourth-order valence-corrected chi connectivity index (χ4v) is 3.86. The van der Waals surface area contributed by atoms with E-state index >= 15 is 0 Å². The number of hydrogen-bond acceptors (Lipinski definition) is 5. The molecule has 1 saturated heterocycles. The van der Waals surface area contributed by atoms with Crippen molar-refractivity contribution in [2.75, 3.05) is 20.2 Å². The number of rotatable bonds is 7. The van der Waals surface area contributed by atoms with Crippen molar-refractivity contribution in [1.29, 1.82) is 0 Å². The lowest BCUT2D eigenvalue weighted by molar-refractivity contribution is 0.104. The molecule has 0 unspecified atom stereocenters. The van der Waals surface area contributed by atoms with E-state index in [0.717, 1.165) is 31.5 Å². The first-order valence-electron chi connectivity index (χ1n) is 9.76. The number of phenolic OH excluding ortho intramolecular Hbond substituents is 1. The quantitative estimate of drug-likeness (QED) is 0.517. The van der Waals surface area contributed by atoms with Crippen molar-refractivity contribution in [2.45, 2.75) is 32.4 Å². The number of carbonyl (C=O) groups excluding carboxylic acids is 1. The predicted molar refractivity (Wildman–Crippen MR) is 115 cm³/mol. The molecule has 0 amide bonds. The largest absolute Gasteiger partial charge is 0.507 e. The van der Waals surface area contributed by atoms with Gasteiger partial charge in [0.25, 0.3) is 0 Å². The molecule has 0 spiro atoms. The number of halogens is 1. The van der Waals surface area contributed by atoms with E-state index < -0.39 is 0 Å². The minimum absolute atomic E-state index is 0.106. The number of benzene rings is 2. The van der Waals surface area contributed by atoms with Gasteiger partial charge in [0.2, 0.25) is 0 Å². The average Bonchev–Trinajstić information content (AvgIpc) is 2.74. The molecule has 2 aromatic carbocycles. The van der Waals surface area contributed by atoms with Gasteiger partial charge in [0.05, 0.1) is 13.7 Å². The Hall–Kier alpha value is -2.34. The number of phenols is 1. The number of aliphatic hydroxyl groups is 1. The van der Waals surface area contributed by atoms with Crippen LogP contribution in [0.2, 0.25) is 5.02 Å². The van der Waals surface area contributed by atoms with Crippen molar-refractivity contribution in [3.8, 4) is 11.5 Å². The Morgan fingerprint density at radius 2 is 2.00 bits per heavy atom. The topological polar surface area (TPSA) is 70.0 Å². The van der Waals surface area contributed by atoms with E-state index in [-0.39, 0.29) is 29.5 Å². The summed E-state index contributed by atoms with van der Waals surface area (Å²) < 4.78 is 5.35. The first-order valence-corrected chi connectivity index (χ1v) is 10.1. The number of ketones is 1. The Bertz CT molecular complexity index is 904. The third kappa shape index (κ3) is 5.18.